The normalized spacial score (nSPS) is 16.5. The van der Waals surface area contributed by atoms with E-state index in [2.05, 4.69) is 4.72 Å². The Labute approximate surface area is 121 Å². The van der Waals surface area contributed by atoms with E-state index >= 15 is 0 Å². The van der Waals surface area contributed by atoms with Gasteiger partial charge in [-0.1, -0.05) is 12.1 Å². The molecule has 20 heavy (non-hydrogen) atoms. The molecule has 0 aliphatic carbocycles. The van der Waals surface area contributed by atoms with E-state index in [-0.39, 0.29) is 0 Å². The van der Waals surface area contributed by atoms with Crippen LogP contribution in [0.15, 0.2) is 24.3 Å². The van der Waals surface area contributed by atoms with E-state index < -0.39 is 10.2 Å². The average Bonchev–Trinajstić information content (AvgIpc) is 2.94. The first kappa shape index (κ1) is 15.3. The van der Waals surface area contributed by atoms with Crippen LogP contribution in [-0.4, -0.2) is 46.5 Å². The Balaban J connectivity index is 1.83. The second kappa shape index (κ2) is 6.56. The second-order valence-electron chi connectivity index (χ2n) is 5.32. The number of rotatable bonds is 6. The molecule has 1 N–H and O–H groups in total. The lowest BCUT2D eigenvalue weighted by atomic mass is 10.1. The van der Waals surface area contributed by atoms with E-state index in [9.17, 15) is 8.42 Å². The van der Waals surface area contributed by atoms with Crippen LogP contribution in [0.2, 0.25) is 0 Å². The first-order chi connectivity index (χ1) is 9.49. The first-order valence-corrected chi connectivity index (χ1v) is 8.44. The fourth-order valence-corrected chi connectivity index (χ4v) is 3.59. The predicted molar refractivity (Wildman–Crippen MR) is 82.2 cm³/mol. The zero-order chi connectivity index (χ0) is 14.6. The molecule has 0 spiro atoms. The highest BCUT2D eigenvalue weighted by Crippen LogP contribution is 2.13. The van der Waals surface area contributed by atoms with Crippen molar-refractivity contribution in [3.05, 3.63) is 29.8 Å². The van der Waals surface area contributed by atoms with Crippen LogP contribution in [0.3, 0.4) is 0 Å². The van der Waals surface area contributed by atoms with Crippen LogP contribution in [0, 0.1) is 0 Å². The van der Waals surface area contributed by atoms with Crippen molar-refractivity contribution in [1.29, 1.82) is 0 Å². The van der Waals surface area contributed by atoms with Crippen LogP contribution in [0.25, 0.3) is 0 Å². The maximum atomic E-state index is 12.0. The van der Waals surface area contributed by atoms with E-state index in [1.807, 2.05) is 43.3 Å². The molecule has 1 aliphatic heterocycles. The minimum absolute atomic E-state index is 0.445. The van der Waals surface area contributed by atoms with Gasteiger partial charge in [-0.25, -0.2) is 4.72 Å². The number of benzene rings is 1. The summed E-state index contributed by atoms with van der Waals surface area (Å²) in [6.45, 7) is 1.74. The van der Waals surface area contributed by atoms with Crippen LogP contribution in [0.5, 0.6) is 0 Å². The highest BCUT2D eigenvalue weighted by atomic mass is 32.2. The summed E-state index contributed by atoms with van der Waals surface area (Å²) in [6, 6.07) is 8.17. The van der Waals surface area contributed by atoms with Gasteiger partial charge in [0.15, 0.2) is 0 Å². The third-order valence-corrected chi connectivity index (χ3v) is 5.17. The van der Waals surface area contributed by atoms with Gasteiger partial charge in [-0.3, -0.25) is 0 Å². The molecule has 0 saturated carbocycles. The van der Waals surface area contributed by atoms with Crippen molar-refractivity contribution in [3.63, 3.8) is 0 Å². The minimum atomic E-state index is -3.28. The Hall–Kier alpha value is -1.11. The van der Waals surface area contributed by atoms with Crippen molar-refractivity contribution >= 4 is 15.9 Å². The van der Waals surface area contributed by atoms with Crippen molar-refractivity contribution in [2.75, 3.05) is 38.6 Å². The summed E-state index contributed by atoms with van der Waals surface area (Å²) in [5.74, 6) is 0. The molecule has 1 aromatic carbocycles. The van der Waals surface area contributed by atoms with Crippen molar-refractivity contribution < 1.29 is 8.42 Å². The molecule has 5 nitrogen and oxygen atoms in total. The lowest BCUT2D eigenvalue weighted by molar-refractivity contribution is 0.465. The molecule has 0 atom stereocenters. The highest BCUT2D eigenvalue weighted by Gasteiger charge is 2.24. The van der Waals surface area contributed by atoms with Crippen molar-refractivity contribution in [1.82, 2.24) is 9.03 Å². The Morgan fingerprint density at radius 1 is 1.15 bits per heavy atom. The molecule has 2 rings (SSSR count). The van der Waals surface area contributed by atoms with Crippen LogP contribution >= 0.6 is 0 Å². The Morgan fingerprint density at radius 3 is 2.30 bits per heavy atom. The largest absolute Gasteiger partial charge is 0.378 e. The zero-order valence-electron chi connectivity index (χ0n) is 12.2. The molecule has 1 saturated heterocycles. The van der Waals surface area contributed by atoms with Crippen LogP contribution in [0.1, 0.15) is 18.4 Å². The Morgan fingerprint density at radius 2 is 1.75 bits per heavy atom. The summed E-state index contributed by atoms with van der Waals surface area (Å²) in [5.41, 5.74) is 2.28. The van der Waals surface area contributed by atoms with Crippen molar-refractivity contribution in [2.24, 2.45) is 0 Å². The predicted octanol–water partition coefficient (Wildman–Crippen LogP) is 1.23. The summed E-state index contributed by atoms with van der Waals surface area (Å²) < 4.78 is 28.2. The highest BCUT2D eigenvalue weighted by molar-refractivity contribution is 7.87. The van der Waals surface area contributed by atoms with Crippen LogP contribution in [-0.2, 0) is 16.6 Å². The molecule has 0 aromatic heterocycles. The molecule has 112 valence electrons. The number of hydrogen-bond donors (Lipinski definition) is 1. The fraction of sp³-hybridized carbons (Fsp3) is 0.571. The zero-order valence-corrected chi connectivity index (χ0v) is 13.0. The standard InChI is InChI=1S/C14H23N3O2S/c1-16(2)14-7-5-13(6-8-14)9-10-15-20(18,19)17-11-3-4-12-17/h5-8,15H,3-4,9-12H2,1-2H3. The van der Waals surface area contributed by atoms with E-state index in [4.69, 9.17) is 0 Å². The Bertz CT molecular complexity index is 520. The monoisotopic (exact) mass is 297 g/mol. The molecule has 0 amide bonds. The van der Waals surface area contributed by atoms with Gasteiger partial charge in [0.25, 0.3) is 10.2 Å². The van der Waals surface area contributed by atoms with E-state index in [1.165, 1.54) is 4.31 Å². The summed E-state index contributed by atoms with van der Waals surface area (Å²) >= 11 is 0. The lowest BCUT2D eigenvalue weighted by Crippen LogP contribution is -2.39. The van der Waals surface area contributed by atoms with Crippen LogP contribution in [0.4, 0.5) is 5.69 Å². The van der Waals surface area contributed by atoms with Gasteiger partial charge in [-0.15, -0.1) is 0 Å². The summed E-state index contributed by atoms with van der Waals surface area (Å²) in [5, 5.41) is 0. The topological polar surface area (TPSA) is 52.7 Å². The van der Waals surface area contributed by atoms with Crippen molar-refractivity contribution in [2.45, 2.75) is 19.3 Å². The van der Waals surface area contributed by atoms with Gasteiger partial charge >= 0.3 is 0 Å². The second-order valence-corrected chi connectivity index (χ2v) is 7.07. The molecule has 1 heterocycles. The number of anilines is 1. The molecule has 1 aromatic rings. The van der Waals surface area contributed by atoms with Gasteiger partial charge in [0.1, 0.15) is 0 Å². The molecule has 0 unspecified atom stereocenters. The van der Waals surface area contributed by atoms with Gasteiger partial charge in [0, 0.05) is 39.4 Å². The van der Waals surface area contributed by atoms with E-state index in [0.717, 1.165) is 24.1 Å². The quantitative estimate of drug-likeness (QED) is 0.859. The van der Waals surface area contributed by atoms with E-state index in [0.29, 0.717) is 26.1 Å². The summed E-state index contributed by atoms with van der Waals surface area (Å²) in [4.78, 5) is 2.04. The third kappa shape index (κ3) is 3.94. The van der Waals surface area contributed by atoms with Gasteiger partial charge in [0.05, 0.1) is 0 Å². The molecule has 0 bridgehead atoms. The summed E-state index contributed by atoms with van der Waals surface area (Å²) in [7, 11) is 0.722. The smallest absolute Gasteiger partial charge is 0.279 e. The average molecular weight is 297 g/mol. The van der Waals surface area contributed by atoms with Gasteiger partial charge in [0.2, 0.25) is 0 Å². The summed E-state index contributed by atoms with van der Waals surface area (Å²) in [6.07, 6.45) is 2.64. The lowest BCUT2D eigenvalue weighted by Gasteiger charge is -2.16. The minimum Gasteiger partial charge on any atom is -0.378 e. The van der Waals surface area contributed by atoms with Gasteiger partial charge in [-0.05, 0) is 37.0 Å². The van der Waals surface area contributed by atoms with E-state index in [1.54, 1.807) is 0 Å². The molecule has 0 radical (unpaired) electrons. The van der Waals surface area contributed by atoms with Gasteiger partial charge in [-0.2, -0.15) is 12.7 Å². The molecule has 6 heteroatoms. The molecule has 1 aliphatic rings. The number of hydrogen-bond acceptors (Lipinski definition) is 3. The molecular formula is C14H23N3O2S. The molecule has 1 fully saturated rings. The fourth-order valence-electron chi connectivity index (χ4n) is 2.30. The first-order valence-electron chi connectivity index (χ1n) is 7.00. The van der Waals surface area contributed by atoms with Crippen LogP contribution < -0.4 is 9.62 Å². The maximum absolute atomic E-state index is 12.0. The Kier molecular flexibility index (Phi) is 5.01. The third-order valence-electron chi connectivity index (χ3n) is 3.56. The number of nitrogens with zero attached hydrogens (tertiary/aromatic N) is 2. The SMILES string of the molecule is CN(C)c1ccc(CCNS(=O)(=O)N2CCCC2)cc1. The maximum Gasteiger partial charge on any atom is 0.279 e. The number of nitrogens with one attached hydrogen (secondary N) is 1. The van der Waals surface area contributed by atoms with Gasteiger partial charge < -0.3 is 4.90 Å². The molecular weight excluding hydrogens is 274 g/mol. The van der Waals surface area contributed by atoms with Crippen molar-refractivity contribution in [3.8, 4) is 0 Å².